The maximum Gasteiger partial charge on any atom is 0.348 e. The summed E-state index contributed by atoms with van der Waals surface area (Å²) in [4.78, 5) is 26.5. The number of quaternary nitrogens is 1. The summed E-state index contributed by atoms with van der Waals surface area (Å²) in [5.41, 5.74) is 4.47. The molecule has 3 aliphatic heterocycles. The zero-order valence-electron chi connectivity index (χ0n) is 21.6. The van der Waals surface area contributed by atoms with Crippen molar-refractivity contribution in [2.45, 2.75) is 50.9 Å². The molecule has 3 fully saturated rings. The van der Waals surface area contributed by atoms with Gasteiger partial charge in [-0.3, -0.25) is 4.79 Å². The Labute approximate surface area is 213 Å². The van der Waals surface area contributed by atoms with Crippen molar-refractivity contribution in [3.05, 3.63) is 71.8 Å². The third-order valence-corrected chi connectivity index (χ3v) is 7.61. The Hall–Kier alpha value is -2.74. The number of benzene rings is 2. The molecule has 0 spiro atoms. The van der Waals surface area contributed by atoms with Crippen LogP contribution in [-0.4, -0.2) is 66.0 Å². The highest BCUT2D eigenvalue weighted by Gasteiger charge is 2.51. The van der Waals surface area contributed by atoms with Gasteiger partial charge in [-0.05, 0) is 31.9 Å². The molecule has 0 radical (unpaired) electrons. The van der Waals surface area contributed by atoms with E-state index >= 15 is 0 Å². The highest BCUT2D eigenvalue weighted by molar-refractivity contribution is 5.85. The Balaban J connectivity index is 1.54. The van der Waals surface area contributed by atoms with Crippen molar-refractivity contribution >= 4 is 11.9 Å². The lowest BCUT2D eigenvalue weighted by atomic mass is 9.81. The molecule has 7 nitrogen and oxygen atoms in total. The second kappa shape index (κ2) is 10.3. The van der Waals surface area contributed by atoms with Gasteiger partial charge in [-0.1, -0.05) is 60.7 Å². The molecule has 7 heteroatoms. The van der Waals surface area contributed by atoms with Crippen LogP contribution in [0.2, 0.25) is 0 Å². The van der Waals surface area contributed by atoms with E-state index in [1.54, 1.807) is 48.5 Å². The van der Waals surface area contributed by atoms with Gasteiger partial charge in [-0.15, -0.1) is 0 Å². The van der Waals surface area contributed by atoms with E-state index in [2.05, 4.69) is 0 Å². The predicted molar refractivity (Wildman–Crippen MR) is 137 cm³/mol. The summed E-state index contributed by atoms with van der Waals surface area (Å²) in [7, 11) is 0. The second-order valence-electron chi connectivity index (χ2n) is 11.3. The van der Waals surface area contributed by atoms with Gasteiger partial charge in [-0.2, -0.15) is 0 Å². The van der Waals surface area contributed by atoms with Gasteiger partial charge >= 0.3 is 11.9 Å². The Morgan fingerprint density at radius 1 is 1.00 bits per heavy atom. The molecule has 1 unspecified atom stereocenters. The molecule has 2 atom stereocenters. The highest BCUT2D eigenvalue weighted by Crippen LogP contribution is 2.39. The van der Waals surface area contributed by atoms with Gasteiger partial charge in [0.05, 0.1) is 19.6 Å². The largest absolute Gasteiger partial charge is 0.460 e. The van der Waals surface area contributed by atoms with E-state index in [1.165, 1.54) is 0 Å². The molecular weight excluding hydrogens is 456 g/mol. The molecule has 3 heterocycles. The highest BCUT2D eigenvalue weighted by atomic mass is 16.6. The van der Waals surface area contributed by atoms with E-state index in [0.29, 0.717) is 28.7 Å². The number of carbonyl (C=O) groups excluding carboxylic acids is 2. The summed E-state index contributed by atoms with van der Waals surface area (Å²) in [6.45, 7) is 8.78. The fourth-order valence-electron chi connectivity index (χ4n) is 5.69. The standard InChI is InChI=1S/C29H39N2O5/c1-28(2,3)36-26(32)22(18-30)19-31-16-14-21(15-17-31)25(20-31)35-27(33)29(34,23-10-6-4-7-11-23)24-12-8-5-9-13-24/h4-13,21-22,25,34H,14-20,30H2,1-3H3/q+1/t21?,22?,25-,31?/m0/s1. The number of fused-ring (bicyclic) bond motifs is 3. The molecule has 2 bridgehead atoms. The molecule has 0 aromatic heterocycles. The summed E-state index contributed by atoms with van der Waals surface area (Å²) >= 11 is 0. The molecule has 3 N–H and O–H groups in total. The topological polar surface area (TPSA) is 98.9 Å². The molecule has 3 saturated heterocycles. The van der Waals surface area contributed by atoms with Crippen LogP contribution in [0.1, 0.15) is 44.7 Å². The molecule has 3 aliphatic rings. The SMILES string of the molecule is CC(C)(C)OC(=O)C(CN)C[N+]12CCC(CC1)[C@@H](OC(=O)C(O)(c1ccccc1)c1ccccc1)C2. The molecule has 194 valence electrons. The van der Waals surface area contributed by atoms with Gasteiger partial charge in [0.25, 0.3) is 0 Å². The van der Waals surface area contributed by atoms with Crippen LogP contribution >= 0.6 is 0 Å². The van der Waals surface area contributed by atoms with Gasteiger partial charge in [0, 0.05) is 25.3 Å². The van der Waals surface area contributed by atoms with Crippen molar-refractivity contribution in [2.24, 2.45) is 17.6 Å². The molecule has 0 aliphatic carbocycles. The number of esters is 2. The molecular formula is C29H39N2O5+. The van der Waals surface area contributed by atoms with E-state index in [0.717, 1.165) is 25.9 Å². The van der Waals surface area contributed by atoms with Crippen molar-refractivity contribution < 1.29 is 28.7 Å². The molecule has 36 heavy (non-hydrogen) atoms. The number of carbonyl (C=O) groups is 2. The molecule has 5 rings (SSSR count). The normalized spacial score (nSPS) is 24.7. The molecule has 0 amide bonds. The number of ether oxygens (including phenoxy) is 2. The summed E-state index contributed by atoms with van der Waals surface area (Å²) in [5.74, 6) is -1.12. The Morgan fingerprint density at radius 2 is 1.53 bits per heavy atom. The predicted octanol–water partition coefficient (Wildman–Crippen LogP) is 2.99. The van der Waals surface area contributed by atoms with Gasteiger partial charge in [0.2, 0.25) is 5.60 Å². The smallest absolute Gasteiger partial charge is 0.348 e. The van der Waals surface area contributed by atoms with Crippen LogP contribution < -0.4 is 5.73 Å². The van der Waals surface area contributed by atoms with Crippen molar-refractivity contribution in [3.8, 4) is 0 Å². The first-order valence-corrected chi connectivity index (χ1v) is 12.9. The third-order valence-electron chi connectivity index (χ3n) is 7.61. The van der Waals surface area contributed by atoms with Crippen molar-refractivity contribution in [1.29, 1.82) is 0 Å². The van der Waals surface area contributed by atoms with E-state index in [1.807, 2.05) is 32.9 Å². The van der Waals surface area contributed by atoms with Crippen molar-refractivity contribution in [2.75, 3.05) is 32.7 Å². The minimum absolute atomic E-state index is 0.213. The lowest BCUT2D eigenvalue weighted by molar-refractivity contribution is -0.948. The number of aliphatic hydroxyl groups is 1. The molecule has 2 aromatic rings. The van der Waals surface area contributed by atoms with Crippen LogP contribution in [0.5, 0.6) is 0 Å². The van der Waals surface area contributed by atoms with Crippen LogP contribution in [0.15, 0.2) is 60.7 Å². The third kappa shape index (κ3) is 5.48. The minimum atomic E-state index is -1.91. The average molecular weight is 496 g/mol. The molecule has 0 saturated carbocycles. The maximum atomic E-state index is 13.7. The Kier molecular flexibility index (Phi) is 7.55. The van der Waals surface area contributed by atoms with Gasteiger partial charge in [-0.25, -0.2) is 4.79 Å². The van der Waals surface area contributed by atoms with Crippen molar-refractivity contribution in [1.82, 2.24) is 0 Å². The zero-order chi connectivity index (χ0) is 26.0. The lowest BCUT2D eigenvalue weighted by Gasteiger charge is -2.53. The molecule has 2 aromatic carbocycles. The maximum absolute atomic E-state index is 13.7. The number of nitrogens with zero attached hydrogens (tertiary/aromatic N) is 1. The van der Waals surface area contributed by atoms with Crippen LogP contribution in [-0.2, 0) is 24.7 Å². The van der Waals surface area contributed by atoms with Crippen molar-refractivity contribution in [3.63, 3.8) is 0 Å². The van der Waals surface area contributed by atoms with E-state index in [4.69, 9.17) is 15.2 Å². The minimum Gasteiger partial charge on any atom is -0.460 e. The lowest BCUT2D eigenvalue weighted by Crippen LogP contribution is -2.66. The zero-order valence-corrected chi connectivity index (χ0v) is 21.6. The van der Waals surface area contributed by atoms with E-state index in [-0.39, 0.29) is 24.5 Å². The fourth-order valence-corrected chi connectivity index (χ4v) is 5.69. The van der Waals surface area contributed by atoms with Gasteiger partial charge in [0.15, 0.2) is 6.10 Å². The number of piperidine rings is 3. The summed E-state index contributed by atoms with van der Waals surface area (Å²) in [6, 6.07) is 17.9. The van der Waals surface area contributed by atoms with Crippen LogP contribution in [0, 0.1) is 11.8 Å². The first kappa shape index (κ1) is 26.3. The van der Waals surface area contributed by atoms with E-state index in [9.17, 15) is 14.7 Å². The van der Waals surface area contributed by atoms with Crippen LogP contribution in [0.4, 0.5) is 0 Å². The van der Waals surface area contributed by atoms with E-state index < -0.39 is 23.1 Å². The quantitative estimate of drug-likeness (QED) is 0.432. The average Bonchev–Trinajstić information content (AvgIpc) is 2.87. The first-order chi connectivity index (χ1) is 17.1. The number of rotatable bonds is 8. The van der Waals surface area contributed by atoms with Gasteiger partial charge < -0.3 is 24.8 Å². The first-order valence-electron chi connectivity index (χ1n) is 12.9. The van der Waals surface area contributed by atoms with Gasteiger partial charge in [0.1, 0.15) is 18.1 Å². The van der Waals surface area contributed by atoms with Crippen LogP contribution in [0.25, 0.3) is 0 Å². The van der Waals surface area contributed by atoms with Crippen LogP contribution in [0.3, 0.4) is 0 Å². The monoisotopic (exact) mass is 495 g/mol. The number of hydrogen-bond acceptors (Lipinski definition) is 6. The Bertz CT molecular complexity index is 1000. The summed E-state index contributed by atoms with van der Waals surface area (Å²) < 4.78 is 12.4. The summed E-state index contributed by atoms with van der Waals surface area (Å²) in [5, 5.41) is 11.8. The number of nitrogens with two attached hydrogens (primary N) is 1. The Morgan fingerprint density at radius 3 is 2.00 bits per heavy atom. The fraction of sp³-hybridized carbons (Fsp3) is 0.517. The summed E-state index contributed by atoms with van der Waals surface area (Å²) in [6.07, 6.45) is 1.47. The second-order valence-corrected chi connectivity index (χ2v) is 11.3. The number of hydrogen-bond donors (Lipinski definition) is 2.